The average molecular weight is 578 g/mol. The Balaban J connectivity index is 1.36. The van der Waals surface area contributed by atoms with Gasteiger partial charge in [-0.05, 0) is 48.5 Å². The lowest BCUT2D eigenvalue weighted by Crippen LogP contribution is -2.53. The zero-order valence-electron chi connectivity index (χ0n) is 20.9. The molecule has 2 fully saturated rings. The number of hydrogen-bond donors (Lipinski definition) is 1. The van der Waals surface area contributed by atoms with Crippen molar-refractivity contribution in [3.63, 3.8) is 0 Å². The molecular weight excluding hydrogens is 549 g/mol. The molecule has 0 unspecified atom stereocenters. The molecule has 2 atom stereocenters. The van der Waals surface area contributed by atoms with Crippen LogP contribution in [-0.4, -0.2) is 76.4 Å². The standard InChI is InChI=1S/C25H28F5N3O5S/c1-39(35,36)32-12-16(13-32)11-31-23(34)17-2-6-19(7-3-17)33-14-22(10-20(33)15-37-24(26)27)38-21-8-4-18(5-9-21)25(28,29)30/h2-9,16,20,22,24H,10-15H2,1H3,(H,31,34)/t20-,22-/m0/s1. The maximum atomic E-state index is 12.8. The first-order valence-electron chi connectivity index (χ1n) is 12.1. The number of nitrogens with zero attached hydrogens (tertiary/aromatic N) is 2. The van der Waals surface area contributed by atoms with Crippen LogP contribution in [0.4, 0.5) is 27.6 Å². The summed E-state index contributed by atoms with van der Waals surface area (Å²) in [6.07, 6.45) is -3.54. The fourth-order valence-electron chi connectivity index (χ4n) is 4.60. The molecular formula is C25H28F5N3O5S. The molecule has 0 saturated carbocycles. The van der Waals surface area contributed by atoms with E-state index in [0.717, 1.165) is 18.4 Å². The van der Waals surface area contributed by atoms with Crippen molar-refractivity contribution in [3.8, 4) is 5.75 Å². The summed E-state index contributed by atoms with van der Waals surface area (Å²) in [7, 11) is -3.23. The summed E-state index contributed by atoms with van der Waals surface area (Å²) >= 11 is 0. The lowest BCUT2D eigenvalue weighted by molar-refractivity contribution is -0.137. The third-order valence-electron chi connectivity index (χ3n) is 6.68. The molecule has 0 spiro atoms. The Morgan fingerprint density at radius 3 is 2.26 bits per heavy atom. The second kappa shape index (κ2) is 11.6. The van der Waals surface area contributed by atoms with Gasteiger partial charge in [0.2, 0.25) is 10.0 Å². The molecule has 1 amide bonds. The number of anilines is 1. The monoisotopic (exact) mass is 577 g/mol. The van der Waals surface area contributed by atoms with E-state index in [2.05, 4.69) is 10.1 Å². The molecule has 4 rings (SSSR count). The third-order valence-corrected chi connectivity index (χ3v) is 7.92. The summed E-state index contributed by atoms with van der Waals surface area (Å²) < 4.78 is 98.6. The Hall–Kier alpha value is -2.97. The molecule has 2 aliphatic rings. The van der Waals surface area contributed by atoms with E-state index in [4.69, 9.17) is 4.74 Å². The van der Waals surface area contributed by atoms with Gasteiger partial charge in [0.05, 0.1) is 31.0 Å². The normalized spacial score (nSPS) is 20.7. The highest BCUT2D eigenvalue weighted by atomic mass is 32.2. The first kappa shape index (κ1) is 29.0. The van der Waals surface area contributed by atoms with E-state index in [-0.39, 0.29) is 30.7 Å². The van der Waals surface area contributed by atoms with E-state index in [1.54, 1.807) is 29.2 Å². The molecule has 0 aromatic heterocycles. The number of carbonyl (C=O) groups is 1. The van der Waals surface area contributed by atoms with Gasteiger partial charge in [0.25, 0.3) is 5.91 Å². The highest BCUT2D eigenvalue weighted by Gasteiger charge is 2.36. The van der Waals surface area contributed by atoms with Gasteiger partial charge < -0.3 is 19.7 Å². The number of hydrogen-bond acceptors (Lipinski definition) is 6. The first-order chi connectivity index (χ1) is 18.3. The Labute approximate surface area is 222 Å². The van der Waals surface area contributed by atoms with Crippen molar-refractivity contribution < 1.29 is 44.6 Å². The van der Waals surface area contributed by atoms with Crippen molar-refractivity contribution in [2.45, 2.75) is 31.4 Å². The van der Waals surface area contributed by atoms with Crippen LogP contribution in [-0.2, 0) is 20.9 Å². The summed E-state index contributed by atoms with van der Waals surface area (Å²) in [5.74, 6) is -0.0758. The summed E-state index contributed by atoms with van der Waals surface area (Å²) in [6.45, 7) is -1.96. The number of alkyl halides is 5. The second-order valence-corrected chi connectivity index (χ2v) is 11.6. The fourth-order valence-corrected chi connectivity index (χ4v) is 5.56. The molecule has 2 heterocycles. The molecule has 1 N–H and O–H groups in total. The molecule has 14 heteroatoms. The van der Waals surface area contributed by atoms with E-state index in [9.17, 15) is 35.2 Å². The number of nitrogens with one attached hydrogen (secondary N) is 1. The number of carbonyl (C=O) groups excluding carboxylic acids is 1. The Morgan fingerprint density at radius 2 is 1.69 bits per heavy atom. The molecule has 0 bridgehead atoms. The molecule has 2 aliphatic heterocycles. The van der Waals surface area contributed by atoms with Crippen molar-refractivity contribution in [1.29, 1.82) is 0 Å². The minimum absolute atomic E-state index is 0.0322. The van der Waals surface area contributed by atoms with E-state index in [1.807, 2.05) is 0 Å². The van der Waals surface area contributed by atoms with Crippen molar-refractivity contribution in [2.75, 3.05) is 43.9 Å². The summed E-state index contributed by atoms with van der Waals surface area (Å²) in [4.78, 5) is 14.3. The van der Waals surface area contributed by atoms with Gasteiger partial charge in [-0.1, -0.05) is 0 Å². The average Bonchev–Trinajstić information content (AvgIpc) is 3.23. The van der Waals surface area contributed by atoms with Gasteiger partial charge in [0.1, 0.15) is 11.9 Å². The van der Waals surface area contributed by atoms with Gasteiger partial charge in [0, 0.05) is 43.2 Å². The highest BCUT2D eigenvalue weighted by Crippen LogP contribution is 2.32. The van der Waals surface area contributed by atoms with Gasteiger partial charge in [-0.25, -0.2) is 12.7 Å². The molecule has 0 aliphatic carbocycles. The van der Waals surface area contributed by atoms with Crippen LogP contribution in [0.1, 0.15) is 22.3 Å². The molecule has 39 heavy (non-hydrogen) atoms. The largest absolute Gasteiger partial charge is 0.489 e. The predicted molar refractivity (Wildman–Crippen MR) is 132 cm³/mol. The minimum atomic E-state index is -4.47. The summed E-state index contributed by atoms with van der Waals surface area (Å²) in [6, 6.07) is 10.3. The SMILES string of the molecule is CS(=O)(=O)N1CC(CNC(=O)c2ccc(N3C[C@@H](Oc4ccc(C(F)(F)F)cc4)C[C@H]3COC(F)F)cc2)C1. The summed E-state index contributed by atoms with van der Waals surface area (Å²) in [5.41, 5.74) is 0.199. The van der Waals surface area contributed by atoms with Crippen LogP contribution in [0.2, 0.25) is 0 Å². The fraction of sp³-hybridized carbons (Fsp3) is 0.480. The molecule has 8 nitrogen and oxygen atoms in total. The van der Waals surface area contributed by atoms with Crippen molar-refractivity contribution >= 4 is 21.6 Å². The minimum Gasteiger partial charge on any atom is -0.489 e. The predicted octanol–water partition coefficient (Wildman–Crippen LogP) is 3.59. The lowest BCUT2D eigenvalue weighted by Gasteiger charge is -2.37. The Bertz CT molecular complexity index is 1240. The number of rotatable bonds is 10. The van der Waals surface area contributed by atoms with Crippen LogP contribution in [0.3, 0.4) is 0 Å². The van der Waals surface area contributed by atoms with Crippen LogP contribution in [0, 0.1) is 5.92 Å². The van der Waals surface area contributed by atoms with E-state index in [0.29, 0.717) is 37.3 Å². The summed E-state index contributed by atoms with van der Waals surface area (Å²) in [5, 5.41) is 2.78. The Kier molecular flexibility index (Phi) is 8.66. The molecule has 2 aromatic carbocycles. The smallest absolute Gasteiger partial charge is 0.416 e. The number of benzene rings is 2. The number of sulfonamides is 1. The molecule has 214 valence electrons. The first-order valence-corrected chi connectivity index (χ1v) is 14.0. The topological polar surface area (TPSA) is 88.2 Å². The van der Waals surface area contributed by atoms with Crippen molar-refractivity contribution in [2.24, 2.45) is 5.92 Å². The van der Waals surface area contributed by atoms with Gasteiger partial charge >= 0.3 is 12.8 Å². The molecule has 0 radical (unpaired) electrons. The molecule has 2 aromatic rings. The van der Waals surface area contributed by atoms with Crippen molar-refractivity contribution in [3.05, 3.63) is 59.7 Å². The van der Waals surface area contributed by atoms with Gasteiger partial charge in [-0.2, -0.15) is 22.0 Å². The van der Waals surface area contributed by atoms with Crippen LogP contribution in [0.15, 0.2) is 48.5 Å². The second-order valence-electron chi connectivity index (χ2n) is 9.60. The van der Waals surface area contributed by atoms with Crippen LogP contribution < -0.4 is 15.0 Å². The zero-order chi connectivity index (χ0) is 28.4. The van der Waals surface area contributed by atoms with Gasteiger partial charge in [0.15, 0.2) is 0 Å². The van der Waals surface area contributed by atoms with Crippen LogP contribution >= 0.6 is 0 Å². The van der Waals surface area contributed by atoms with Crippen molar-refractivity contribution in [1.82, 2.24) is 9.62 Å². The van der Waals surface area contributed by atoms with E-state index >= 15 is 0 Å². The maximum Gasteiger partial charge on any atom is 0.416 e. The van der Waals surface area contributed by atoms with Crippen LogP contribution in [0.5, 0.6) is 5.75 Å². The van der Waals surface area contributed by atoms with Gasteiger partial charge in [-0.15, -0.1) is 0 Å². The number of amides is 1. The third kappa shape index (κ3) is 7.57. The van der Waals surface area contributed by atoms with E-state index < -0.39 is 40.5 Å². The number of halogens is 5. The van der Waals surface area contributed by atoms with Crippen LogP contribution in [0.25, 0.3) is 0 Å². The number of ether oxygens (including phenoxy) is 2. The highest BCUT2D eigenvalue weighted by molar-refractivity contribution is 7.88. The maximum absolute atomic E-state index is 12.8. The van der Waals surface area contributed by atoms with Gasteiger partial charge in [-0.3, -0.25) is 4.79 Å². The zero-order valence-corrected chi connectivity index (χ0v) is 21.7. The van der Waals surface area contributed by atoms with E-state index in [1.165, 1.54) is 16.4 Å². The quantitative estimate of drug-likeness (QED) is 0.435. The lowest BCUT2D eigenvalue weighted by atomic mass is 10.0. The Morgan fingerprint density at radius 1 is 1.05 bits per heavy atom. The molecule has 2 saturated heterocycles.